The number of likely N-dealkylation sites (tertiary alicyclic amines) is 1. The molecule has 0 aliphatic carbocycles. The van der Waals surface area contributed by atoms with Crippen molar-refractivity contribution in [2.75, 3.05) is 26.7 Å². The smallest absolute Gasteiger partial charge is 0.251 e. The maximum absolute atomic E-state index is 14.1. The minimum absolute atomic E-state index is 0.000351. The highest BCUT2D eigenvalue weighted by Gasteiger charge is 2.44. The predicted octanol–water partition coefficient (Wildman–Crippen LogP) is 3.57. The van der Waals surface area contributed by atoms with Crippen LogP contribution in [-0.4, -0.2) is 49.6 Å². The molecule has 0 spiro atoms. The summed E-state index contributed by atoms with van der Waals surface area (Å²) >= 11 is 0. The van der Waals surface area contributed by atoms with Crippen LogP contribution in [0.1, 0.15) is 31.2 Å². The van der Waals surface area contributed by atoms with Crippen molar-refractivity contribution in [3.63, 3.8) is 0 Å². The SMILES string of the molecule is CNC(=O)C1(Cc2ccc(-c3ccccc3F)cc2)CCCN(C(=O)C2CCCO2)C1. The summed E-state index contributed by atoms with van der Waals surface area (Å²) in [5.41, 5.74) is 1.67. The lowest BCUT2D eigenvalue weighted by Crippen LogP contribution is -2.55. The monoisotopic (exact) mass is 424 g/mol. The van der Waals surface area contributed by atoms with Crippen LogP contribution >= 0.6 is 0 Å². The zero-order valence-corrected chi connectivity index (χ0v) is 17.9. The van der Waals surface area contributed by atoms with Crippen molar-refractivity contribution in [3.05, 3.63) is 59.9 Å². The van der Waals surface area contributed by atoms with Crippen molar-refractivity contribution >= 4 is 11.8 Å². The first-order valence-electron chi connectivity index (χ1n) is 11.0. The number of piperidine rings is 1. The van der Waals surface area contributed by atoms with Gasteiger partial charge < -0.3 is 15.0 Å². The molecule has 164 valence electrons. The minimum Gasteiger partial charge on any atom is -0.368 e. The minimum atomic E-state index is -0.680. The van der Waals surface area contributed by atoms with Gasteiger partial charge in [0.1, 0.15) is 11.9 Å². The molecule has 2 unspecified atom stereocenters. The Morgan fingerprint density at radius 1 is 1.16 bits per heavy atom. The number of halogens is 1. The molecule has 1 N–H and O–H groups in total. The van der Waals surface area contributed by atoms with Crippen molar-refractivity contribution in [2.45, 2.75) is 38.2 Å². The van der Waals surface area contributed by atoms with Crippen molar-refractivity contribution in [1.29, 1.82) is 0 Å². The van der Waals surface area contributed by atoms with E-state index in [0.717, 1.165) is 36.8 Å². The number of hydrogen-bond donors (Lipinski definition) is 1. The van der Waals surface area contributed by atoms with E-state index in [0.29, 0.717) is 31.7 Å². The van der Waals surface area contributed by atoms with E-state index in [4.69, 9.17) is 4.74 Å². The molecule has 2 aromatic rings. The van der Waals surface area contributed by atoms with E-state index in [1.165, 1.54) is 6.07 Å². The van der Waals surface area contributed by atoms with Crippen molar-refractivity contribution in [3.8, 4) is 11.1 Å². The molecule has 4 rings (SSSR count). The molecule has 0 bridgehead atoms. The Hall–Kier alpha value is -2.73. The van der Waals surface area contributed by atoms with Gasteiger partial charge in [0.25, 0.3) is 5.91 Å². The van der Waals surface area contributed by atoms with E-state index >= 15 is 0 Å². The Morgan fingerprint density at radius 3 is 2.61 bits per heavy atom. The third-order valence-electron chi connectivity index (χ3n) is 6.48. The van der Waals surface area contributed by atoms with Crippen LogP contribution in [0.15, 0.2) is 48.5 Å². The van der Waals surface area contributed by atoms with Crippen LogP contribution in [0.3, 0.4) is 0 Å². The molecular formula is C25H29FN2O3. The first kappa shape index (κ1) is 21.5. The molecule has 6 heteroatoms. The molecule has 2 aliphatic heterocycles. The summed E-state index contributed by atoms with van der Waals surface area (Å²) in [5, 5.41) is 2.81. The highest BCUT2D eigenvalue weighted by atomic mass is 19.1. The van der Waals surface area contributed by atoms with Crippen LogP contribution in [0.25, 0.3) is 11.1 Å². The number of rotatable bonds is 5. The summed E-state index contributed by atoms with van der Waals surface area (Å²) in [7, 11) is 1.65. The van der Waals surface area contributed by atoms with E-state index < -0.39 is 5.41 Å². The lowest BCUT2D eigenvalue weighted by Gasteiger charge is -2.42. The van der Waals surface area contributed by atoms with E-state index in [9.17, 15) is 14.0 Å². The van der Waals surface area contributed by atoms with Gasteiger partial charge in [-0.25, -0.2) is 4.39 Å². The van der Waals surface area contributed by atoms with E-state index in [-0.39, 0.29) is 23.7 Å². The molecule has 2 aliphatic rings. The largest absolute Gasteiger partial charge is 0.368 e. The highest BCUT2D eigenvalue weighted by Crippen LogP contribution is 2.35. The Labute approximate surface area is 182 Å². The second-order valence-corrected chi connectivity index (χ2v) is 8.58. The zero-order chi connectivity index (χ0) is 21.8. The third-order valence-corrected chi connectivity index (χ3v) is 6.48. The van der Waals surface area contributed by atoms with E-state index in [1.54, 1.807) is 19.2 Å². The van der Waals surface area contributed by atoms with Crippen LogP contribution < -0.4 is 5.32 Å². The zero-order valence-electron chi connectivity index (χ0n) is 17.9. The molecule has 31 heavy (non-hydrogen) atoms. The molecule has 0 saturated carbocycles. The van der Waals surface area contributed by atoms with Gasteiger partial charge in [0.2, 0.25) is 5.91 Å². The van der Waals surface area contributed by atoms with Crippen LogP contribution in [0.5, 0.6) is 0 Å². The normalized spacial score (nSPS) is 23.5. The number of amides is 2. The molecule has 2 saturated heterocycles. The van der Waals surface area contributed by atoms with Gasteiger partial charge in [-0.05, 0) is 49.3 Å². The topological polar surface area (TPSA) is 58.6 Å². The van der Waals surface area contributed by atoms with Gasteiger partial charge >= 0.3 is 0 Å². The molecule has 2 heterocycles. The summed E-state index contributed by atoms with van der Waals surface area (Å²) in [6.45, 7) is 1.67. The number of nitrogens with zero attached hydrogens (tertiary/aromatic N) is 1. The predicted molar refractivity (Wildman–Crippen MR) is 117 cm³/mol. The first-order chi connectivity index (χ1) is 15.0. The molecule has 5 nitrogen and oxygen atoms in total. The summed E-state index contributed by atoms with van der Waals surface area (Å²) in [5.74, 6) is -0.302. The van der Waals surface area contributed by atoms with E-state index in [2.05, 4.69) is 5.32 Å². The molecule has 0 radical (unpaired) electrons. The van der Waals surface area contributed by atoms with E-state index in [1.807, 2.05) is 35.2 Å². The lowest BCUT2D eigenvalue weighted by molar-refractivity contribution is -0.148. The number of hydrogen-bond acceptors (Lipinski definition) is 3. The van der Waals surface area contributed by atoms with Gasteiger partial charge in [0.15, 0.2) is 0 Å². The summed E-state index contributed by atoms with van der Waals surface area (Å²) in [6.07, 6.45) is 3.30. The fourth-order valence-corrected chi connectivity index (χ4v) is 4.86. The average Bonchev–Trinajstić information content (AvgIpc) is 3.34. The van der Waals surface area contributed by atoms with Crippen LogP contribution in [0, 0.1) is 11.2 Å². The molecular weight excluding hydrogens is 395 g/mol. The van der Waals surface area contributed by atoms with Gasteiger partial charge in [-0.2, -0.15) is 0 Å². The van der Waals surface area contributed by atoms with Gasteiger partial charge in [-0.1, -0.05) is 42.5 Å². The Kier molecular flexibility index (Phi) is 6.37. The van der Waals surface area contributed by atoms with Crippen molar-refractivity contribution < 1.29 is 18.7 Å². The number of nitrogens with one attached hydrogen (secondary N) is 1. The van der Waals surface area contributed by atoms with Gasteiger partial charge in [0, 0.05) is 32.3 Å². The maximum Gasteiger partial charge on any atom is 0.251 e. The van der Waals surface area contributed by atoms with Crippen molar-refractivity contribution in [1.82, 2.24) is 10.2 Å². The molecule has 2 atom stereocenters. The Bertz CT molecular complexity index is 940. The lowest BCUT2D eigenvalue weighted by atomic mass is 9.74. The second kappa shape index (κ2) is 9.18. The van der Waals surface area contributed by atoms with Crippen LogP contribution in [0.2, 0.25) is 0 Å². The number of benzene rings is 2. The second-order valence-electron chi connectivity index (χ2n) is 8.58. The van der Waals surface area contributed by atoms with Crippen molar-refractivity contribution in [2.24, 2.45) is 5.41 Å². The first-order valence-corrected chi connectivity index (χ1v) is 11.0. The third kappa shape index (κ3) is 4.49. The summed E-state index contributed by atoms with van der Waals surface area (Å²) < 4.78 is 19.7. The summed E-state index contributed by atoms with van der Waals surface area (Å²) in [6, 6.07) is 14.4. The quantitative estimate of drug-likeness (QED) is 0.798. The molecule has 2 fully saturated rings. The fraction of sp³-hybridized carbons (Fsp3) is 0.440. The number of carbonyl (C=O) groups is 2. The average molecular weight is 425 g/mol. The standard InChI is InChI=1S/C25H29FN2O3/c1-27-24(30)25(13-5-14-28(17-25)23(29)22-8-4-15-31-22)16-18-9-11-19(12-10-18)20-6-2-3-7-21(20)26/h2-3,6-7,9-12,22H,4-5,8,13-17H2,1H3,(H,27,30). The molecule has 0 aromatic heterocycles. The Morgan fingerprint density at radius 2 is 1.94 bits per heavy atom. The van der Waals surface area contributed by atoms with Crippen LogP contribution in [-0.2, 0) is 20.7 Å². The van der Waals surface area contributed by atoms with Gasteiger partial charge in [-0.15, -0.1) is 0 Å². The Balaban J connectivity index is 1.54. The number of ether oxygens (including phenoxy) is 1. The molecule has 2 aromatic carbocycles. The summed E-state index contributed by atoms with van der Waals surface area (Å²) in [4.78, 5) is 27.7. The highest BCUT2D eigenvalue weighted by molar-refractivity contribution is 5.86. The fourth-order valence-electron chi connectivity index (χ4n) is 4.86. The molecule has 2 amide bonds. The van der Waals surface area contributed by atoms with Gasteiger partial charge in [-0.3, -0.25) is 9.59 Å². The van der Waals surface area contributed by atoms with Gasteiger partial charge in [0.05, 0.1) is 5.41 Å². The maximum atomic E-state index is 14.1. The number of carbonyl (C=O) groups excluding carboxylic acids is 2. The van der Waals surface area contributed by atoms with Crippen LogP contribution in [0.4, 0.5) is 4.39 Å².